The molecule has 0 bridgehead atoms. The van der Waals surface area contributed by atoms with Crippen molar-refractivity contribution in [1.29, 1.82) is 0 Å². The number of amides is 1. The first-order valence-corrected chi connectivity index (χ1v) is 6.73. The largest absolute Gasteiger partial charge is 0.473 e. The molecule has 0 spiro atoms. The Morgan fingerprint density at radius 1 is 1.37 bits per heavy atom. The molecule has 100 valence electrons. The molecule has 0 saturated carbocycles. The van der Waals surface area contributed by atoms with Crippen molar-refractivity contribution in [3.63, 3.8) is 0 Å². The van der Waals surface area contributed by atoms with Crippen LogP contribution in [0, 0.1) is 5.92 Å². The van der Waals surface area contributed by atoms with Gasteiger partial charge in [0.15, 0.2) is 12.1 Å². The molecule has 2 heterocycles. The molecule has 4 heteroatoms. The highest BCUT2D eigenvalue weighted by Crippen LogP contribution is 2.31. The zero-order chi connectivity index (χ0) is 13.4. The zero-order valence-corrected chi connectivity index (χ0v) is 11.2. The minimum atomic E-state index is -0.134. The highest BCUT2D eigenvalue weighted by molar-refractivity contribution is 5.85. The molecule has 1 amide bonds. The average molecular weight is 258 g/mol. The number of benzene rings is 1. The summed E-state index contributed by atoms with van der Waals surface area (Å²) in [4.78, 5) is 18.5. The summed E-state index contributed by atoms with van der Waals surface area (Å²) < 4.78 is 5.77. The molecule has 0 unspecified atom stereocenters. The SMILES string of the molecule is CC(C)C1=N[C@H]2[C@H](CC(=O)N2Cc2ccccc2)O1. The summed E-state index contributed by atoms with van der Waals surface area (Å²) in [5, 5.41) is 0. The molecule has 0 aromatic heterocycles. The van der Waals surface area contributed by atoms with Crippen molar-refractivity contribution in [2.75, 3.05) is 0 Å². The van der Waals surface area contributed by atoms with Crippen LogP contribution in [0.1, 0.15) is 25.8 Å². The van der Waals surface area contributed by atoms with Crippen molar-refractivity contribution in [2.24, 2.45) is 10.9 Å². The maximum Gasteiger partial charge on any atom is 0.228 e. The van der Waals surface area contributed by atoms with E-state index in [1.807, 2.05) is 35.2 Å². The third-order valence-electron chi connectivity index (χ3n) is 3.57. The Morgan fingerprint density at radius 3 is 2.79 bits per heavy atom. The molecule has 0 aliphatic carbocycles. The van der Waals surface area contributed by atoms with Crippen molar-refractivity contribution in [1.82, 2.24) is 4.90 Å². The number of fused-ring (bicyclic) bond motifs is 1. The Hall–Kier alpha value is -1.84. The Kier molecular flexibility index (Phi) is 3.01. The zero-order valence-electron chi connectivity index (χ0n) is 11.2. The molecule has 1 fully saturated rings. The minimum Gasteiger partial charge on any atom is -0.473 e. The van der Waals surface area contributed by atoms with Gasteiger partial charge in [-0.2, -0.15) is 0 Å². The van der Waals surface area contributed by atoms with E-state index in [0.29, 0.717) is 13.0 Å². The lowest BCUT2D eigenvalue weighted by atomic mass is 10.2. The molecule has 3 rings (SSSR count). The molecule has 4 nitrogen and oxygen atoms in total. The molecule has 2 atom stereocenters. The van der Waals surface area contributed by atoms with Crippen LogP contribution < -0.4 is 0 Å². The lowest BCUT2D eigenvalue weighted by Crippen LogP contribution is -2.33. The normalized spacial score (nSPS) is 25.5. The molecule has 1 saturated heterocycles. The van der Waals surface area contributed by atoms with Gasteiger partial charge in [-0.1, -0.05) is 44.2 Å². The number of hydrogen-bond donors (Lipinski definition) is 0. The van der Waals surface area contributed by atoms with Crippen LogP contribution >= 0.6 is 0 Å². The Labute approximate surface area is 113 Å². The molecular weight excluding hydrogens is 240 g/mol. The van der Waals surface area contributed by atoms with Gasteiger partial charge in [0.05, 0.1) is 6.42 Å². The molecular formula is C15H18N2O2. The van der Waals surface area contributed by atoms with E-state index in [4.69, 9.17) is 4.74 Å². The van der Waals surface area contributed by atoms with Gasteiger partial charge in [-0.3, -0.25) is 4.79 Å². The number of ether oxygens (including phenoxy) is 1. The molecule has 2 aliphatic heterocycles. The van der Waals surface area contributed by atoms with Crippen LogP contribution in [0.5, 0.6) is 0 Å². The second kappa shape index (κ2) is 4.68. The van der Waals surface area contributed by atoms with Crippen LogP contribution in [0.15, 0.2) is 35.3 Å². The molecule has 19 heavy (non-hydrogen) atoms. The Bertz CT molecular complexity index is 510. The van der Waals surface area contributed by atoms with Gasteiger partial charge in [0.2, 0.25) is 5.91 Å². The van der Waals surface area contributed by atoms with Crippen LogP contribution in [0.2, 0.25) is 0 Å². The lowest BCUT2D eigenvalue weighted by Gasteiger charge is -2.20. The third-order valence-corrected chi connectivity index (χ3v) is 3.57. The van der Waals surface area contributed by atoms with Crippen molar-refractivity contribution in [3.05, 3.63) is 35.9 Å². The van der Waals surface area contributed by atoms with Gasteiger partial charge in [-0.15, -0.1) is 0 Å². The van der Waals surface area contributed by atoms with Crippen LogP contribution in [0.3, 0.4) is 0 Å². The monoisotopic (exact) mass is 258 g/mol. The fraction of sp³-hybridized carbons (Fsp3) is 0.467. The smallest absolute Gasteiger partial charge is 0.228 e. The van der Waals surface area contributed by atoms with E-state index in [2.05, 4.69) is 18.8 Å². The summed E-state index contributed by atoms with van der Waals surface area (Å²) >= 11 is 0. The van der Waals surface area contributed by atoms with Gasteiger partial charge >= 0.3 is 0 Å². The summed E-state index contributed by atoms with van der Waals surface area (Å²) in [6, 6.07) is 10.0. The van der Waals surface area contributed by atoms with Gasteiger partial charge < -0.3 is 9.64 Å². The third kappa shape index (κ3) is 2.23. The first-order valence-electron chi connectivity index (χ1n) is 6.73. The quantitative estimate of drug-likeness (QED) is 0.834. The molecule has 1 aromatic carbocycles. The summed E-state index contributed by atoms with van der Waals surface area (Å²) in [5.41, 5.74) is 1.13. The van der Waals surface area contributed by atoms with E-state index in [0.717, 1.165) is 11.5 Å². The van der Waals surface area contributed by atoms with E-state index in [1.54, 1.807) is 0 Å². The second-order valence-electron chi connectivity index (χ2n) is 5.40. The topological polar surface area (TPSA) is 41.9 Å². The number of rotatable bonds is 3. The maximum atomic E-state index is 12.0. The van der Waals surface area contributed by atoms with Gasteiger partial charge in [-0.05, 0) is 5.56 Å². The fourth-order valence-corrected chi connectivity index (χ4v) is 2.56. The highest BCUT2D eigenvalue weighted by Gasteiger charge is 2.45. The predicted molar refractivity (Wildman–Crippen MR) is 72.5 cm³/mol. The number of carbonyl (C=O) groups is 1. The van der Waals surface area contributed by atoms with Crippen LogP contribution in [0.4, 0.5) is 0 Å². The van der Waals surface area contributed by atoms with E-state index in [9.17, 15) is 4.79 Å². The molecule has 2 aliphatic rings. The summed E-state index contributed by atoms with van der Waals surface area (Å²) in [6.07, 6.45) is 0.218. The Morgan fingerprint density at radius 2 is 2.11 bits per heavy atom. The first-order chi connectivity index (χ1) is 9.15. The van der Waals surface area contributed by atoms with Gasteiger partial charge in [0.25, 0.3) is 0 Å². The van der Waals surface area contributed by atoms with E-state index < -0.39 is 0 Å². The maximum absolute atomic E-state index is 12.0. The van der Waals surface area contributed by atoms with Crippen molar-refractivity contribution < 1.29 is 9.53 Å². The average Bonchev–Trinajstić information content (AvgIpc) is 2.91. The second-order valence-corrected chi connectivity index (χ2v) is 5.40. The molecule has 0 radical (unpaired) electrons. The van der Waals surface area contributed by atoms with Crippen molar-refractivity contribution in [2.45, 2.75) is 39.1 Å². The van der Waals surface area contributed by atoms with E-state index in [-0.39, 0.29) is 24.1 Å². The van der Waals surface area contributed by atoms with Gasteiger partial charge in [0, 0.05) is 12.5 Å². The van der Waals surface area contributed by atoms with E-state index >= 15 is 0 Å². The summed E-state index contributed by atoms with van der Waals surface area (Å²) in [7, 11) is 0. The number of aliphatic imine (C=N–C) groups is 1. The highest BCUT2D eigenvalue weighted by atomic mass is 16.5. The molecule has 0 N–H and O–H groups in total. The van der Waals surface area contributed by atoms with Crippen LogP contribution in [-0.2, 0) is 16.1 Å². The van der Waals surface area contributed by atoms with Crippen molar-refractivity contribution in [3.8, 4) is 0 Å². The lowest BCUT2D eigenvalue weighted by molar-refractivity contribution is -0.129. The van der Waals surface area contributed by atoms with Gasteiger partial charge in [-0.25, -0.2) is 4.99 Å². The number of carbonyl (C=O) groups excluding carboxylic acids is 1. The fourth-order valence-electron chi connectivity index (χ4n) is 2.56. The molecule has 1 aromatic rings. The summed E-state index contributed by atoms with van der Waals surface area (Å²) in [6.45, 7) is 4.73. The summed E-state index contributed by atoms with van der Waals surface area (Å²) in [5.74, 6) is 1.19. The van der Waals surface area contributed by atoms with Crippen molar-refractivity contribution >= 4 is 11.8 Å². The standard InChI is InChI=1S/C15H18N2O2/c1-10(2)15-16-14-12(19-15)8-13(18)17(14)9-11-6-4-3-5-7-11/h3-7,10,12,14H,8-9H2,1-2H3/t12-,14+/m0/s1. The first kappa shape index (κ1) is 12.2. The number of hydrogen-bond acceptors (Lipinski definition) is 3. The van der Waals surface area contributed by atoms with Crippen LogP contribution in [-0.4, -0.2) is 29.0 Å². The number of likely N-dealkylation sites (tertiary alicyclic amines) is 1. The van der Waals surface area contributed by atoms with E-state index in [1.165, 1.54) is 0 Å². The minimum absolute atomic E-state index is 0.0892. The van der Waals surface area contributed by atoms with Crippen LogP contribution in [0.25, 0.3) is 0 Å². The number of nitrogens with zero attached hydrogens (tertiary/aromatic N) is 2. The van der Waals surface area contributed by atoms with Gasteiger partial charge in [0.1, 0.15) is 6.10 Å². The predicted octanol–water partition coefficient (Wildman–Crippen LogP) is 2.20. The Balaban J connectivity index is 1.79.